The average Bonchev–Trinajstić information content (AvgIpc) is 3.06. The van der Waals surface area contributed by atoms with Crippen LogP contribution in [0.15, 0.2) is 18.2 Å². The molecule has 1 aromatic carbocycles. The van der Waals surface area contributed by atoms with Crippen LogP contribution >= 0.6 is 0 Å². The van der Waals surface area contributed by atoms with E-state index < -0.39 is 11.9 Å². The van der Waals surface area contributed by atoms with Gasteiger partial charge in [-0.05, 0) is 37.0 Å². The quantitative estimate of drug-likeness (QED) is 0.891. The van der Waals surface area contributed by atoms with Crippen LogP contribution in [0.2, 0.25) is 0 Å². The molecule has 118 valence electrons. The molecule has 3 rings (SSSR count). The molecule has 0 aromatic heterocycles. The highest BCUT2D eigenvalue weighted by molar-refractivity contribution is 6.04. The summed E-state index contributed by atoms with van der Waals surface area (Å²) in [5.41, 5.74) is 0.465. The zero-order chi connectivity index (χ0) is 15.9. The molecule has 1 heterocycles. The minimum absolute atomic E-state index is 0.0263. The molecule has 5 nitrogen and oxygen atoms in total. The van der Waals surface area contributed by atoms with Crippen molar-refractivity contribution in [1.29, 1.82) is 0 Å². The summed E-state index contributed by atoms with van der Waals surface area (Å²) in [4.78, 5) is 26.0. The lowest BCUT2D eigenvalue weighted by atomic mass is 10.1. The molecule has 1 saturated heterocycles. The van der Waals surface area contributed by atoms with Gasteiger partial charge in [-0.15, -0.1) is 0 Å². The van der Waals surface area contributed by atoms with Gasteiger partial charge in [0.1, 0.15) is 5.82 Å². The Labute approximate surface area is 128 Å². The molecular weight excluding hydrogens is 287 g/mol. The van der Waals surface area contributed by atoms with Crippen molar-refractivity contribution in [3.63, 3.8) is 0 Å². The van der Waals surface area contributed by atoms with E-state index in [1.807, 2.05) is 6.92 Å². The highest BCUT2D eigenvalue weighted by Gasteiger charge is 2.39. The Hall–Kier alpha value is -1.95. The monoisotopic (exact) mass is 306 g/mol. The number of nitrogens with one attached hydrogen (secondary N) is 1. The van der Waals surface area contributed by atoms with Crippen LogP contribution in [-0.4, -0.2) is 41.0 Å². The molecule has 1 aliphatic carbocycles. The van der Waals surface area contributed by atoms with Crippen molar-refractivity contribution in [2.75, 3.05) is 18.4 Å². The van der Waals surface area contributed by atoms with Gasteiger partial charge in [0.15, 0.2) is 0 Å². The number of anilines is 1. The normalized spacial score (nSPS) is 26.9. The van der Waals surface area contributed by atoms with Gasteiger partial charge in [-0.1, -0.05) is 6.92 Å². The van der Waals surface area contributed by atoms with Gasteiger partial charge in [0.25, 0.3) is 5.91 Å². The number of likely N-dealkylation sites (tertiary alicyclic amines) is 1. The Kier molecular flexibility index (Phi) is 3.87. The van der Waals surface area contributed by atoms with E-state index in [2.05, 4.69) is 5.32 Å². The Morgan fingerprint density at radius 3 is 2.73 bits per heavy atom. The molecule has 0 radical (unpaired) electrons. The van der Waals surface area contributed by atoms with E-state index in [0.29, 0.717) is 24.6 Å². The third-order valence-electron chi connectivity index (χ3n) is 4.37. The Morgan fingerprint density at radius 1 is 1.41 bits per heavy atom. The fourth-order valence-electron chi connectivity index (χ4n) is 2.81. The fraction of sp³-hybridized carbons (Fsp3) is 0.500. The zero-order valence-corrected chi connectivity index (χ0v) is 12.4. The number of benzene rings is 1. The molecule has 2 amide bonds. The number of rotatable bonds is 3. The summed E-state index contributed by atoms with van der Waals surface area (Å²) in [6.45, 7) is 2.67. The number of nitrogens with zero attached hydrogens (tertiary/aromatic N) is 1. The molecule has 1 aliphatic heterocycles. The number of carbonyl (C=O) groups is 2. The number of hydrogen-bond acceptors (Lipinski definition) is 3. The van der Waals surface area contributed by atoms with Gasteiger partial charge >= 0.3 is 0 Å². The van der Waals surface area contributed by atoms with Crippen molar-refractivity contribution in [1.82, 2.24) is 4.90 Å². The van der Waals surface area contributed by atoms with Gasteiger partial charge in [-0.2, -0.15) is 0 Å². The highest BCUT2D eigenvalue weighted by atomic mass is 19.1. The van der Waals surface area contributed by atoms with Crippen LogP contribution < -0.4 is 5.32 Å². The number of aliphatic hydroxyl groups excluding tert-OH is 1. The second kappa shape index (κ2) is 5.68. The number of carbonyl (C=O) groups excluding carboxylic acids is 2. The first-order valence-corrected chi connectivity index (χ1v) is 7.53. The summed E-state index contributed by atoms with van der Waals surface area (Å²) in [7, 11) is 0. The van der Waals surface area contributed by atoms with E-state index in [4.69, 9.17) is 0 Å². The maximum Gasteiger partial charge on any atom is 0.256 e. The van der Waals surface area contributed by atoms with Gasteiger partial charge in [0.2, 0.25) is 5.91 Å². The largest absolute Gasteiger partial charge is 0.391 e. The van der Waals surface area contributed by atoms with Crippen molar-refractivity contribution in [3.05, 3.63) is 29.6 Å². The minimum Gasteiger partial charge on any atom is -0.391 e. The van der Waals surface area contributed by atoms with Gasteiger partial charge in [0.05, 0.1) is 17.4 Å². The van der Waals surface area contributed by atoms with E-state index in [0.717, 1.165) is 12.5 Å². The third kappa shape index (κ3) is 2.97. The van der Waals surface area contributed by atoms with Crippen LogP contribution in [0.5, 0.6) is 0 Å². The van der Waals surface area contributed by atoms with Crippen molar-refractivity contribution < 1.29 is 19.1 Å². The second-order valence-corrected chi connectivity index (χ2v) is 6.19. The summed E-state index contributed by atoms with van der Waals surface area (Å²) in [5.74, 6) is -0.694. The zero-order valence-electron chi connectivity index (χ0n) is 12.4. The SMILES string of the molecule is CC1CC1C(=O)Nc1ccc(F)cc1C(=O)N1CC[C@@H](O)C1. The molecule has 0 spiro atoms. The van der Waals surface area contributed by atoms with Crippen LogP contribution in [0.25, 0.3) is 0 Å². The smallest absolute Gasteiger partial charge is 0.256 e. The van der Waals surface area contributed by atoms with Crippen LogP contribution in [0.4, 0.5) is 10.1 Å². The van der Waals surface area contributed by atoms with Gasteiger partial charge in [0, 0.05) is 19.0 Å². The molecule has 2 aliphatic rings. The highest BCUT2D eigenvalue weighted by Crippen LogP contribution is 2.38. The molecule has 22 heavy (non-hydrogen) atoms. The van der Waals surface area contributed by atoms with Crippen molar-refractivity contribution in [2.24, 2.45) is 11.8 Å². The fourth-order valence-corrected chi connectivity index (χ4v) is 2.81. The number of hydrogen-bond donors (Lipinski definition) is 2. The van der Waals surface area contributed by atoms with Gasteiger partial charge in [-0.25, -0.2) is 4.39 Å². The first kappa shape index (κ1) is 15.0. The summed E-state index contributed by atoms with van der Waals surface area (Å²) in [6.07, 6.45) is 0.819. The lowest BCUT2D eigenvalue weighted by Gasteiger charge is -2.18. The number of β-amino-alcohol motifs (C(OH)–C–C–N with tert-alkyl or cyclic N) is 1. The first-order valence-electron chi connectivity index (χ1n) is 7.53. The molecule has 6 heteroatoms. The van der Waals surface area contributed by atoms with E-state index in [-0.39, 0.29) is 29.8 Å². The molecular formula is C16H19FN2O3. The van der Waals surface area contributed by atoms with E-state index in [1.165, 1.54) is 17.0 Å². The summed E-state index contributed by atoms with van der Waals surface area (Å²) in [5, 5.41) is 12.3. The predicted molar refractivity (Wildman–Crippen MR) is 78.8 cm³/mol. The Bertz CT molecular complexity index is 619. The van der Waals surface area contributed by atoms with Crippen molar-refractivity contribution >= 4 is 17.5 Å². The Balaban J connectivity index is 1.81. The lowest BCUT2D eigenvalue weighted by Crippen LogP contribution is -2.30. The topological polar surface area (TPSA) is 69.6 Å². The number of aliphatic hydroxyl groups is 1. The number of halogens is 1. The third-order valence-corrected chi connectivity index (χ3v) is 4.37. The summed E-state index contributed by atoms with van der Waals surface area (Å²) in [6, 6.07) is 3.78. The van der Waals surface area contributed by atoms with Crippen LogP contribution in [0, 0.1) is 17.7 Å². The maximum atomic E-state index is 13.5. The molecule has 2 fully saturated rings. The Morgan fingerprint density at radius 2 is 2.14 bits per heavy atom. The molecule has 2 N–H and O–H groups in total. The minimum atomic E-state index is -0.539. The number of amides is 2. The van der Waals surface area contributed by atoms with Crippen LogP contribution in [0.1, 0.15) is 30.1 Å². The van der Waals surface area contributed by atoms with Crippen LogP contribution in [0.3, 0.4) is 0 Å². The first-order chi connectivity index (χ1) is 10.5. The molecule has 2 unspecified atom stereocenters. The van der Waals surface area contributed by atoms with E-state index >= 15 is 0 Å². The summed E-state index contributed by atoms with van der Waals surface area (Å²) >= 11 is 0. The molecule has 1 saturated carbocycles. The van der Waals surface area contributed by atoms with E-state index in [1.54, 1.807) is 0 Å². The van der Waals surface area contributed by atoms with Crippen LogP contribution in [-0.2, 0) is 4.79 Å². The lowest BCUT2D eigenvalue weighted by molar-refractivity contribution is -0.117. The maximum absolute atomic E-state index is 13.5. The van der Waals surface area contributed by atoms with Gasteiger partial charge < -0.3 is 15.3 Å². The molecule has 3 atom stereocenters. The van der Waals surface area contributed by atoms with Crippen molar-refractivity contribution in [3.8, 4) is 0 Å². The molecule has 0 bridgehead atoms. The predicted octanol–water partition coefficient (Wildman–Crippen LogP) is 1.63. The average molecular weight is 306 g/mol. The van der Waals surface area contributed by atoms with Crippen molar-refractivity contribution in [2.45, 2.75) is 25.9 Å². The van der Waals surface area contributed by atoms with E-state index in [9.17, 15) is 19.1 Å². The molecule has 1 aromatic rings. The second-order valence-electron chi connectivity index (χ2n) is 6.19. The van der Waals surface area contributed by atoms with Gasteiger partial charge in [-0.3, -0.25) is 9.59 Å². The summed E-state index contributed by atoms with van der Waals surface area (Å²) < 4.78 is 13.5. The standard InChI is InChI=1S/C16H19FN2O3/c1-9-6-12(9)15(21)18-14-3-2-10(17)7-13(14)16(22)19-5-4-11(20)8-19/h2-3,7,9,11-12,20H,4-6,8H2,1H3,(H,18,21)/t9?,11-,12?/m1/s1.